The maximum Gasteiger partial charge on any atom is 0.245 e. The van der Waals surface area contributed by atoms with Gasteiger partial charge in [-0.25, -0.2) is 0 Å². The molecular formula is C23H27BrClN3OS2. The molecule has 0 spiro atoms. The van der Waals surface area contributed by atoms with Crippen molar-refractivity contribution in [1.29, 1.82) is 0 Å². The lowest BCUT2D eigenvalue weighted by Crippen LogP contribution is -2.39. The van der Waals surface area contributed by atoms with Gasteiger partial charge in [0.2, 0.25) is 5.91 Å². The largest absolute Gasteiger partial charge is 0.324 e. The number of nitrogens with zero attached hydrogens (tertiary/aromatic N) is 2. The molecule has 0 fully saturated rings. The summed E-state index contributed by atoms with van der Waals surface area (Å²) in [4.78, 5) is 12.7. The van der Waals surface area contributed by atoms with Gasteiger partial charge in [-0.15, -0.1) is 0 Å². The third kappa shape index (κ3) is 6.67. The normalized spacial score (nSPS) is 18.2. The molecule has 1 heterocycles. The van der Waals surface area contributed by atoms with Crippen molar-refractivity contribution in [2.45, 2.75) is 12.8 Å². The zero-order valence-electron chi connectivity index (χ0n) is 17.7. The van der Waals surface area contributed by atoms with E-state index in [1.165, 1.54) is 0 Å². The summed E-state index contributed by atoms with van der Waals surface area (Å²) in [5.41, 5.74) is 2.85. The minimum atomic E-state index is -0.0825. The van der Waals surface area contributed by atoms with Crippen LogP contribution in [0.3, 0.4) is 0 Å². The van der Waals surface area contributed by atoms with Gasteiger partial charge in [0, 0.05) is 32.9 Å². The maximum absolute atomic E-state index is 12.7. The van der Waals surface area contributed by atoms with Crippen LogP contribution in [0.4, 0.5) is 5.69 Å². The second kappa shape index (κ2) is 11.6. The van der Waals surface area contributed by atoms with Gasteiger partial charge in [0.1, 0.15) is 6.54 Å². The number of hydrazone groups is 1. The van der Waals surface area contributed by atoms with Crippen LogP contribution in [0.1, 0.15) is 18.4 Å². The number of benzene rings is 2. The molecule has 0 bridgehead atoms. The van der Waals surface area contributed by atoms with Gasteiger partial charge in [0.05, 0.1) is 5.71 Å². The average molecular weight is 541 g/mol. The topological polar surface area (TPSA) is 44.7 Å². The quantitative estimate of drug-likeness (QED) is 0.362. The molecule has 0 saturated carbocycles. The summed E-state index contributed by atoms with van der Waals surface area (Å²) >= 11 is 13.2. The molecule has 1 aliphatic heterocycles. The van der Waals surface area contributed by atoms with Gasteiger partial charge >= 0.3 is 0 Å². The number of thioether (sulfide) groups is 2. The van der Waals surface area contributed by atoms with Crippen molar-refractivity contribution in [2.24, 2.45) is 10.5 Å². The first-order valence-corrected chi connectivity index (χ1v) is 14.0. The van der Waals surface area contributed by atoms with Crippen molar-refractivity contribution in [3.05, 3.63) is 63.6 Å². The Balaban J connectivity index is 1.81. The number of nitrogens with one attached hydrogen (secondary N) is 1. The number of carbonyl (C=O) groups is 1. The highest BCUT2D eigenvalue weighted by Crippen LogP contribution is 2.39. The number of halogens is 2. The van der Waals surface area contributed by atoms with Gasteiger partial charge in [-0.3, -0.25) is 9.80 Å². The summed E-state index contributed by atoms with van der Waals surface area (Å²) in [6, 6.07) is 15.5. The SMILES string of the molecule is CSCCCC1(CSC)CN(CC(=O)Nc2ccc(Br)cc2)N=C1c1ccc(Cl)cc1. The molecule has 31 heavy (non-hydrogen) atoms. The van der Waals surface area contributed by atoms with Crippen molar-refractivity contribution in [3.8, 4) is 0 Å². The Hall–Kier alpha value is -1.15. The predicted molar refractivity (Wildman–Crippen MR) is 141 cm³/mol. The first kappa shape index (κ1) is 24.5. The van der Waals surface area contributed by atoms with E-state index in [2.05, 4.69) is 33.8 Å². The van der Waals surface area contributed by atoms with Crippen LogP contribution in [0.15, 0.2) is 58.1 Å². The molecule has 1 unspecified atom stereocenters. The minimum Gasteiger partial charge on any atom is -0.324 e. The molecule has 1 atom stereocenters. The fourth-order valence-corrected chi connectivity index (χ4v) is 5.63. The molecule has 0 radical (unpaired) electrons. The van der Waals surface area contributed by atoms with Crippen molar-refractivity contribution >= 4 is 68.4 Å². The Labute approximate surface area is 206 Å². The smallest absolute Gasteiger partial charge is 0.245 e. The number of rotatable bonds is 10. The second-order valence-corrected chi connectivity index (χ2v) is 10.8. The van der Waals surface area contributed by atoms with E-state index in [0.717, 1.165) is 52.3 Å². The summed E-state index contributed by atoms with van der Waals surface area (Å²) in [6.07, 6.45) is 6.44. The molecule has 0 saturated heterocycles. The van der Waals surface area contributed by atoms with Crippen LogP contribution in [0.25, 0.3) is 0 Å². The fraction of sp³-hybridized carbons (Fsp3) is 0.391. The Kier molecular flexibility index (Phi) is 9.19. The lowest BCUT2D eigenvalue weighted by Gasteiger charge is -2.30. The number of anilines is 1. The molecule has 8 heteroatoms. The van der Waals surface area contributed by atoms with E-state index in [0.29, 0.717) is 5.02 Å². The average Bonchev–Trinajstić information content (AvgIpc) is 3.08. The number of carbonyl (C=O) groups excluding carboxylic acids is 1. The highest BCUT2D eigenvalue weighted by atomic mass is 79.9. The molecule has 0 aliphatic carbocycles. The molecule has 1 amide bonds. The van der Waals surface area contributed by atoms with Crippen LogP contribution in [-0.2, 0) is 4.79 Å². The van der Waals surface area contributed by atoms with Gasteiger partial charge < -0.3 is 5.32 Å². The second-order valence-electron chi connectivity index (χ2n) is 7.64. The molecule has 2 aromatic rings. The number of amides is 1. The predicted octanol–water partition coefficient (Wildman–Crippen LogP) is 6.25. The van der Waals surface area contributed by atoms with Crippen LogP contribution in [0.5, 0.6) is 0 Å². The van der Waals surface area contributed by atoms with E-state index in [4.69, 9.17) is 16.7 Å². The molecule has 2 aromatic carbocycles. The monoisotopic (exact) mass is 539 g/mol. The highest BCUT2D eigenvalue weighted by Gasteiger charge is 2.42. The maximum atomic E-state index is 12.7. The summed E-state index contributed by atoms with van der Waals surface area (Å²) in [6.45, 7) is 0.972. The Morgan fingerprint density at radius 3 is 2.52 bits per heavy atom. The Morgan fingerprint density at radius 1 is 1.16 bits per heavy atom. The molecule has 4 nitrogen and oxygen atoms in total. The molecule has 3 rings (SSSR count). The Bertz CT molecular complexity index is 908. The molecule has 1 N–H and O–H groups in total. The van der Waals surface area contributed by atoms with Crippen molar-refractivity contribution < 1.29 is 4.79 Å². The van der Waals surface area contributed by atoms with Gasteiger partial charge in [-0.05, 0) is 73.1 Å². The van der Waals surface area contributed by atoms with E-state index in [1.807, 2.05) is 77.1 Å². The third-order valence-corrected chi connectivity index (χ3v) is 7.54. The van der Waals surface area contributed by atoms with E-state index in [1.54, 1.807) is 0 Å². The van der Waals surface area contributed by atoms with E-state index >= 15 is 0 Å². The van der Waals surface area contributed by atoms with Crippen molar-refractivity contribution in [2.75, 3.05) is 42.4 Å². The van der Waals surface area contributed by atoms with Crippen LogP contribution < -0.4 is 5.32 Å². The zero-order valence-corrected chi connectivity index (χ0v) is 21.7. The van der Waals surface area contributed by atoms with Gasteiger partial charge in [0.25, 0.3) is 0 Å². The fourth-order valence-electron chi connectivity index (χ4n) is 3.88. The van der Waals surface area contributed by atoms with Gasteiger partial charge in [-0.2, -0.15) is 28.6 Å². The zero-order chi connectivity index (χ0) is 22.3. The van der Waals surface area contributed by atoms with Crippen LogP contribution in [0.2, 0.25) is 5.02 Å². The van der Waals surface area contributed by atoms with Crippen LogP contribution in [-0.4, -0.2) is 53.7 Å². The summed E-state index contributed by atoms with van der Waals surface area (Å²) < 4.78 is 0.981. The summed E-state index contributed by atoms with van der Waals surface area (Å²) in [5.74, 6) is 2.02. The van der Waals surface area contributed by atoms with E-state index in [-0.39, 0.29) is 17.9 Å². The first-order chi connectivity index (χ1) is 15.0. The summed E-state index contributed by atoms with van der Waals surface area (Å²) in [7, 11) is 0. The van der Waals surface area contributed by atoms with Gasteiger partial charge in [-0.1, -0.05) is 39.7 Å². The Morgan fingerprint density at radius 2 is 1.87 bits per heavy atom. The van der Waals surface area contributed by atoms with Crippen molar-refractivity contribution in [3.63, 3.8) is 0 Å². The highest BCUT2D eigenvalue weighted by molar-refractivity contribution is 9.10. The lowest BCUT2D eigenvalue weighted by atomic mass is 9.78. The summed E-state index contributed by atoms with van der Waals surface area (Å²) in [5, 5.41) is 10.6. The van der Waals surface area contributed by atoms with E-state index < -0.39 is 0 Å². The number of hydrogen-bond donors (Lipinski definition) is 1. The first-order valence-electron chi connectivity index (χ1n) is 10.1. The third-order valence-electron chi connectivity index (χ3n) is 5.23. The lowest BCUT2D eigenvalue weighted by molar-refractivity contribution is -0.117. The molecule has 1 aliphatic rings. The van der Waals surface area contributed by atoms with Crippen LogP contribution >= 0.6 is 51.1 Å². The van der Waals surface area contributed by atoms with Crippen molar-refractivity contribution in [1.82, 2.24) is 5.01 Å². The molecule has 166 valence electrons. The number of hydrogen-bond acceptors (Lipinski definition) is 5. The molecular weight excluding hydrogens is 514 g/mol. The van der Waals surface area contributed by atoms with E-state index in [9.17, 15) is 4.79 Å². The van der Waals surface area contributed by atoms with Crippen LogP contribution in [0, 0.1) is 5.41 Å². The molecule has 0 aromatic heterocycles. The van der Waals surface area contributed by atoms with Gasteiger partial charge in [0.15, 0.2) is 0 Å². The standard InChI is InChI=1S/C23H27BrClN3OS2/c1-30-13-3-12-23(16-31-2)15-28(27-22(23)17-4-8-19(25)9-5-17)14-21(29)26-20-10-6-18(24)7-11-20/h4-11H,3,12-16H2,1-2H3,(H,26,29). The minimum absolute atomic E-state index is 0.0643.